The highest BCUT2D eigenvalue weighted by molar-refractivity contribution is 9.10. The Balaban J connectivity index is 2.92. The monoisotopic (exact) mass is 279 g/mol. The van der Waals surface area contributed by atoms with E-state index in [0.29, 0.717) is 17.7 Å². The third-order valence-electron chi connectivity index (χ3n) is 1.82. The van der Waals surface area contributed by atoms with E-state index in [-0.39, 0.29) is 0 Å². The maximum atomic E-state index is 11.1. The van der Waals surface area contributed by atoms with Gasteiger partial charge in [-0.3, -0.25) is 0 Å². The molecule has 0 aliphatic heterocycles. The van der Waals surface area contributed by atoms with Crippen LogP contribution in [-0.4, -0.2) is 12.6 Å². The smallest absolute Gasteiger partial charge is 0.330 e. The van der Waals surface area contributed by atoms with Gasteiger partial charge in [-0.1, -0.05) is 15.9 Å². The van der Waals surface area contributed by atoms with E-state index < -0.39 is 5.97 Å². The van der Waals surface area contributed by atoms with Crippen molar-refractivity contribution in [2.75, 3.05) is 6.61 Å². The maximum absolute atomic E-state index is 11.1. The molecule has 0 fully saturated rings. The molecule has 1 aromatic rings. The molecule has 1 rings (SSSR count). The van der Waals surface area contributed by atoms with Gasteiger partial charge in [-0.2, -0.15) is 5.26 Å². The summed E-state index contributed by atoms with van der Waals surface area (Å²) in [7, 11) is 0. The van der Waals surface area contributed by atoms with Crippen molar-refractivity contribution < 1.29 is 9.53 Å². The van der Waals surface area contributed by atoms with Crippen LogP contribution in [0.15, 0.2) is 28.7 Å². The number of carbonyl (C=O) groups is 1. The van der Waals surface area contributed by atoms with Crippen LogP contribution < -0.4 is 0 Å². The number of hydrogen-bond acceptors (Lipinski definition) is 3. The number of nitriles is 1. The van der Waals surface area contributed by atoms with Crippen molar-refractivity contribution in [1.82, 2.24) is 0 Å². The molecule has 0 bridgehead atoms. The highest BCUT2D eigenvalue weighted by Gasteiger charge is 2.00. The van der Waals surface area contributed by atoms with Gasteiger partial charge >= 0.3 is 5.97 Å². The van der Waals surface area contributed by atoms with Crippen molar-refractivity contribution in [2.24, 2.45) is 0 Å². The molecule has 0 unspecified atom stereocenters. The zero-order valence-corrected chi connectivity index (χ0v) is 10.3. The van der Waals surface area contributed by atoms with Crippen molar-refractivity contribution >= 4 is 28.0 Å². The lowest BCUT2D eigenvalue weighted by molar-refractivity contribution is -0.137. The average Bonchev–Trinajstić information content (AvgIpc) is 2.27. The number of ether oxygens (including phenoxy) is 1. The van der Waals surface area contributed by atoms with E-state index in [1.807, 2.05) is 0 Å². The van der Waals surface area contributed by atoms with Gasteiger partial charge in [-0.15, -0.1) is 0 Å². The molecular weight excluding hydrogens is 270 g/mol. The minimum Gasteiger partial charge on any atom is -0.463 e. The van der Waals surface area contributed by atoms with Crippen molar-refractivity contribution in [3.63, 3.8) is 0 Å². The standard InChI is InChI=1S/C12H10BrNO2/c1-2-16-12(15)6-4-9-7-11(13)5-3-10(9)8-14/h3-7H,2H2,1H3/b6-4+. The second kappa shape index (κ2) is 6.09. The van der Waals surface area contributed by atoms with Gasteiger partial charge in [-0.25, -0.2) is 4.79 Å². The molecular formula is C12H10BrNO2. The molecule has 3 nitrogen and oxygen atoms in total. The summed E-state index contributed by atoms with van der Waals surface area (Å²) in [6.45, 7) is 2.08. The predicted octanol–water partition coefficient (Wildman–Crippen LogP) is 2.90. The van der Waals surface area contributed by atoms with Crippen LogP contribution in [0.5, 0.6) is 0 Å². The summed E-state index contributed by atoms with van der Waals surface area (Å²) in [6, 6.07) is 7.29. The number of nitrogens with zero attached hydrogens (tertiary/aromatic N) is 1. The summed E-state index contributed by atoms with van der Waals surface area (Å²) in [4.78, 5) is 11.1. The summed E-state index contributed by atoms with van der Waals surface area (Å²) < 4.78 is 5.60. The first kappa shape index (κ1) is 12.5. The second-order valence-corrected chi connectivity index (χ2v) is 3.84. The van der Waals surface area contributed by atoms with Gasteiger partial charge in [0.05, 0.1) is 18.2 Å². The van der Waals surface area contributed by atoms with E-state index in [4.69, 9.17) is 10.00 Å². The fourth-order valence-corrected chi connectivity index (χ4v) is 1.50. The summed E-state index contributed by atoms with van der Waals surface area (Å²) >= 11 is 3.30. The van der Waals surface area contributed by atoms with E-state index in [2.05, 4.69) is 22.0 Å². The first-order valence-corrected chi connectivity index (χ1v) is 5.51. The normalized spacial score (nSPS) is 10.1. The van der Waals surface area contributed by atoms with Crippen LogP contribution >= 0.6 is 15.9 Å². The molecule has 0 saturated carbocycles. The molecule has 0 atom stereocenters. The molecule has 0 heterocycles. The van der Waals surface area contributed by atoms with Gasteiger partial charge in [0.1, 0.15) is 0 Å². The van der Waals surface area contributed by atoms with E-state index in [1.165, 1.54) is 6.08 Å². The Morgan fingerprint density at radius 3 is 3.00 bits per heavy atom. The molecule has 0 N–H and O–H groups in total. The van der Waals surface area contributed by atoms with Crippen LogP contribution in [0, 0.1) is 11.3 Å². The molecule has 4 heteroatoms. The summed E-state index contributed by atoms with van der Waals surface area (Å²) in [5, 5.41) is 8.86. The molecule has 0 spiro atoms. The molecule has 1 aromatic carbocycles. The minimum absolute atomic E-state index is 0.340. The predicted molar refractivity (Wildman–Crippen MR) is 64.5 cm³/mol. The number of benzene rings is 1. The number of halogens is 1. The van der Waals surface area contributed by atoms with Crippen molar-refractivity contribution in [3.8, 4) is 6.07 Å². The molecule has 0 aromatic heterocycles. The Morgan fingerprint density at radius 2 is 2.38 bits per heavy atom. The van der Waals surface area contributed by atoms with Gasteiger partial charge in [0.2, 0.25) is 0 Å². The molecule has 0 aliphatic carbocycles. The lowest BCUT2D eigenvalue weighted by atomic mass is 10.1. The quantitative estimate of drug-likeness (QED) is 0.632. The fraction of sp³-hybridized carbons (Fsp3) is 0.167. The second-order valence-electron chi connectivity index (χ2n) is 2.93. The SMILES string of the molecule is CCOC(=O)/C=C/c1cc(Br)ccc1C#N. The topological polar surface area (TPSA) is 50.1 Å². The number of esters is 1. The van der Waals surface area contributed by atoms with E-state index in [1.54, 1.807) is 31.2 Å². The van der Waals surface area contributed by atoms with Crippen molar-refractivity contribution in [3.05, 3.63) is 39.9 Å². The van der Waals surface area contributed by atoms with Crippen molar-refractivity contribution in [1.29, 1.82) is 5.26 Å². The third-order valence-corrected chi connectivity index (χ3v) is 2.31. The van der Waals surface area contributed by atoms with E-state index in [9.17, 15) is 4.79 Å². The van der Waals surface area contributed by atoms with E-state index in [0.717, 1.165) is 4.47 Å². The highest BCUT2D eigenvalue weighted by atomic mass is 79.9. The minimum atomic E-state index is -0.411. The fourth-order valence-electron chi connectivity index (χ4n) is 1.12. The first-order valence-electron chi connectivity index (χ1n) is 4.72. The van der Waals surface area contributed by atoms with Crippen LogP contribution in [0.3, 0.4) is 0 Å². The summed E-state index contributed by atoms with van der Waals surface area (Å²) in [5.74, 6) is -0.411. The van der Waals surface area contributed by atoms with Gasteiger partial charge in [-0.05, 0) is 36.8 Å². The molecule has 82 valence electrons. The lowest BCUT2D eigenvalue weighted by Crippen LogP contribution is -1.98. The Hall–Kier alpha value is -1.60. The van der Waals surface area contributed by atoms with Gasteiger partial charge in [0.25, 0.3) is 0 Å². The number of rotatable bonds is 3. The zero-order valence-electron chi connectivity index (χ0n) is 8.74. The largest absolute Gasteiger partial charge is 0.463 e. The maximum Gasteiger partial charge on any atom is 0.330 e. The van der Waals surface area contributed by atoms with Crippen LogP contribution in [-0.2, 0) is 9.53 Å². The zero-order chi connectivity index (χ0) is 12.0. The Labute approximate surface area is 102 Å². The van der Waals surface area contributed by atoms with Gasteiger partial charge < -0.3 is 4.74 Å². The average molecular weight is 280 g/mol. The number of hydrogen-bond donors (Lipinski definition) is 0. The van der Waals surface area contributed by atoms with Crippen LogP contribution in [0.2, 0.25) is 0 Å². The van der Waals surface area contributed by atoms with Gasteiger partial charge in [0.15, 0.2) is 0 Å². The summed E-state index contributed by atoms with van der Waals surface area (Å²) in [6.07, 6.45) is 2.88. The third kappa shape index (κ3) is 3.52. The molecule has 0 radical (unpaired) electrons. The molecule has 0 saturated heterocycles. The first-order chi connectivity index (χ1) is 7.67. The van der Waals surface area contributed by atoms with Crippen LogP contribution in [0.25, 0.3) is 6.08 Å². The lowest BCUT2D eigenvalue weighted by Gasteiger charge is -1.99. The van der Waals surface area contributed by atoms with Gasteiger partial charge in [0, 0.05) is 10.5 Å². The molecule has 0 aliphatic rings. The Bertz CT molecular complexity index is 461. The van der Waals surface area contributed by atoms with Crippen molar-refractivity contribution in [2.45, 2.75) is 6.92 Å². The Morgan fingerprint density at radius 1 is 1.62 bits per heavy atom. The van der Waals surface area contributed by atoms with E-state index >= 15 is 0 Å². The molecule has 0 amide bonds. The van der Waals surface area contributed by atoms with Crippen LogP contribution in [0.1, 0.15) is 18.1 Å². The highest BCUT2D eigenvalue weighted by Crippen LogP contribution is 2.17. The number of carbonyl (C=O) groups excluding carboxylic acids is 1. The molecule has 16 heavy (non-hydrogen) atoms. The summed E-state index contributed by atoms with van der Waals surface area (Å²) in [5.41, 5.74) is 1.20. The Kier molecular flexibility index (Phi) is 4.74. The van der Waals surface area contributed by atoms with Crippen LogP contribution in [0.4, 0.5) is 0 Å².